The highest BCUT2D eigenvalue weighted by atomic mass is 16.5. The van der Waals surface area contributed by atoms with Gasteiger partial charge in [-0.15, -0.1) is 0 Å². The number of nitriles is 1. The molecule has 0 amide bonds. The minimum atomic E-state index is 0.600. The Hall–Kier alpha value is -2.10. The average Bonchev–Trinajstić information content (AvgIpc) is 3.16. The van der Waals surface area contributed by atoms with Crippen LogP contribution in [0.25, 0.3) is 0 Å². The molecule has 2 aliphatic rings. The van der Waals surface area contributed by atoms with Crippen LogP contribution in [0.4, 0.5) is 0 Å². The van der Waals surface area contributed by atoms with Gasteiger partial charge in [0.1, 0.15) is 0 Å². The number of nitrogens with zero attached hydrogens (tertiary/aromatic N) is 4. The van der Waals surface area contributed by atoms with Gasteiger partial charge >= 0.3 is 0 Å². The van der Waals surface area contributed by atoms with E-state index in [2.05, 4.69) is 28.1 Å². The highest BCUT2D eigenvalue weighted by molar-refractivity contribution is 5.80. The number of guanidine groups is 1. The number of aliphatic imine (C=N–C) groups is 1. The van der Waals surface area contributed by atoms with Gasteiger partial charge < -0.3 is 15.0 Å². The second-order valence-electron chi connectivity index (χ2n) is 6.52. The molecule has 0 bridgehead atoms. The van der Waals surface area contributed by atoms with Gasteiger partial charge in [-0.1, -0.05) is 12.1 Å². The van der Waals surface area contributed by atoms with Crippen molar-refractivity contribution in [2.45, 2.75) is 25.9 Å². The summed E-state index contributed by atoms with van der Waals surface area (Å²) < 4.78 is 5.46. The lowest BCUT2D eigenvalue weighted by Crippen LogP contribution is -2.46. The Morgan fingerprint density at radius 1 is 1.28 bits per heavy atom. The molecule has 0 aromatic heterocycles. The molecule has 2 saturated heterocycles. The van der Waals surface area contributed by atoms with Gasteiger partial charge in [0.2, 0.25) is 0 Å². The van der Waals surface area contributed by atoms with Gasteiger partial charge in [0.15, 0.2) is 5.96 Å². The van der Waals surface area contributed by atoms with E-state index in [4.69, 9.17) is 15.0 Å². The summed E-state index contributed by atoms with van der Waals surface area (Å²) in [5.41, 5.74) is 1.81. The number of nitrogens with one attached hydrogen (secondary N) is 1. The zero-order valence-corrected chi connectivity index (χ0v) is 14.9. The lowest BCUT2D eigenvalue weighted by atomic mass is 10.1. The van der Waals surface area contributed by atoms with E-state index in [1.165, 1.54) is 6.42 Å². The van der Waals surface area contributed by atoms with Crippen molar-refractivity contribution in [1.29, 1.82) is 5.26 Å². The molecule has 1 unspecified atom stereocenters. The number of benzene rings is 1. The predicted octanol–water partition coefficient (Wildman–Crippen LogP) is 1.43. The molecule has 0 spiro atoms. The van der Waals surface area contributed by atoms with Crippen molar-refractivity contribution in [3.05, 3.63) is 35.4 Å². The maximum absolute atomic E-state index is 8.89. The van der Waals surface area contributed by atoms with Crippen LogP contribution >= 0.6 is 0 Å². The van der Waals surface area contributed by atoms with Crippen LogP contribution in [0.3, 0.4) is 0 Å². The predicted molar refractivity (Wildman–Crippen MR) is 98.3 cm³/mol. The lowest BCUT2D eigenvalue weighted by Gasteiger charge is -2.32. The number of hydrogen-bond donors (Lipinski definition) is 1. The van der Waals surface area contributed by atoms with Gasteiger partial charge in [-0.2, -0.15) is 5.26 Å². The minimum absolute atomic E-state index is 0.600. The van der Waals surface area contributed by atoms with Crippen molar-refractivity contribution in [2.24, 2.45) is 4.99 Å². The number of morpholine rings is 1. The number of hydrogen-bond acceptors (Lipinski definition) is 4. The Balaban J connectivity index is 1.60. The molecule has 25 heavy (non-hydrogen) atoms. The zero-order chi connectivity index (χ0) is 17.5. The fourth-order valence-corrected chi connectivity index (χ4v) is 3.45. The number of rotatable bonds is 4. The van der Waals surface area contributed by atoms with Crippen molar-refractivity contribution < 1.29 is 4.74 Å². The summed E-state index contributed by atoms with van der Waals surface area (Å²) in [6.07, 6.45) is 1.18. The van der Waals surface area contributed by atoms with Gasteiger partial charge in [0.25, 0.3) is 0 Å². The van der Waals surface area contributed by atoms with Crippen LogP contribution in [-0.4, -0.2) is 67.7 Å². The van der Waals surface area contributed by atoms with E-state index in [9.17, 15) is 0 Å². The molecular weight excluding hydrogens is 314 g/mol. The third-order valence-corrected chi connectivity index (χ3v) is 4.85. The van der Waals surface area contributed by atoms with E-state index in [0.29, 0.717) is 18.2 Å². The van der Waals surface area contributed by atoms with Gasteiger partial charge in [0.05, 0.1) is 31.4 Å². The first kappa shape index (κ1) is 17.7. The molecule has 6 nitrogen and oxygen atoms in total. The molecule has 0 aliphatic carbocycles. The van der Waals surface area contributed by atoms with Gasteiger partial charge in [-0.05, 0) is 31.0 Å². The maximum Gasteiger partial charge on any atom is 0.194 e. The molecule has 3 rings (SSSR count). The highest BCUT2D eigenvalue weighted by Crippen LogP contribution is 2.17. The maximum atomic E-state index is 8.89. The molecule has 0 saturated carbocycles. The van der Waals surface area contributed by atoms with Crippen LogP contribution in [0.5, 0.6) is 0 Å². The molecule has 6 heteroatoms. The van der Waals surface area contributed by atoms with Crippen molar-refractivity contribution >= 4 is 5.96 Å². The van der Waals surface area contributed by atoms with Crippen LogP contribution in [0.1, 0.15) is 24.5 Å². The topological polar surface area (TPSA) is 63.9 Å². The normalized spacial score (nSPS) is 22.0. The Labute approximate surface area is 150 Å². The number of ether oxygens (including phenoxy) is 1. The quantitative estimate of drug-likeness (QED) is 0.663. The van der Waals surface area contributed by atoms with E-state index in [1.54, 1.807) is 0 Å². The van der Waals surface area contributed by atoms with E-state index in [1.807, 2.05) is 24.3 Å². The Kier molecular flexibility index (Phi) is 6.26. The molecule has 1 aromatic carbocycles. The fourth-order valence-electron chi connectivity index (χ4n) is 3.45. The summed E-state index contributed by atoms with van der Waals surface area (Å²) in [6, 6.07) is 10.4. The van der Waals surface area contributed by atoms with Gasteiger partial charge in [0, 0.05) is 38.8 Å². The smallest absolute Gasteiger partial charge is 0.194 e. The SMILES string of the molecule is CCNC(=NCc1ccc(C#N)cc1)N1CCC(N2CCOCC2)C1. The first-order valence-corrected chi connectivity index (χ1v) is 9.14. The van der Waals surface area contributed by atoms with E-state index in [0.717, 1.165) is 57.5 Å². The second-order valence-corrected chi connectivity index (χ2v) is 6.52. The molecule has 2 fully saturated rings. The van der Waals surface area contributed by atoms with Crippen molar-refractivity contribution in [2.75, 3.05) is 45.9 Å². The molecule has 1 N–H and O–H groups in total. The van der Waals surface area contributed by atoms with Crippen LogP contribution in [-0.2, 0) is 11.3 Å². The molecule has 0 radical (unpaired) electrons. The molecule has 2 aliphatic heterocycles. The summed E-state index contributed by atoms with van der Waals surface area (Å²) in [4.78, 5) is 9.72. The van der Waals surface area contributed by atoms with Gasteiger partial charge in [-0.25, -0.2) is 4.99 Å². The van der Waals surface area contributed by atoms with Crippen LogP contribution in [0.15, 0.2) is 29.3 Å². The second kappa shape index (κ2) is 8.84. The molecule has 2 heterocycles. The standard InChI is InChI=1S/C19H27N5O/c1-2-21-19(22-14-17-5-3-16(13-20)4-6-17)24-8-7-18(15-24)23-9-11-25-12-10-23/h3-6,18H,2,7-12,14-15H2,1H3,(H,21,22). The Morgan fingerprint density at radius 2 is 2.04 bits per heavy atom. The van der Waals surface area contributed by atoms with Crippen LogP contribution < -0.4 is 5.32 Å². The molecule has 1 atom stereocenters. The highest BCUT2D eigenvalue weighted by Gasteiger charge is 2.30. The third kappa shape index (κ3) is 4.71. The van der Waals surface area contributed by atoms with Crippen LogP contribution in [0.2, 0.25) is 0 Å². The average molecular weight is 341 g/mol. The zero-order valence-electron chi connectivity index (χ0n) is 14.9. The summed E-state index contributed by atoms with van der Waals surface area (Å²) in [5, 5.41) is 12.3. The Morgan fingerprint density at radius 3 is 2.72 bits per heavy atom. The van der Waals surface area contributed by atoms with Gasteiger partial charge in [-0.3, -0.25) is 4.90 Å². The lowest BCUT2D eigenvalue weighted by molar-refractivity contribution is 0.0195. The molecular formula is C19H27N5O. The van der Waals surface area contributed by atoms with Crippen molar-refractivity contribution in [3.8, 4) is 6.07 Å². The third-order valence-electron chi connectivity index (χ3n) is 4.85. The van der Waals surface area contributed by atoms with E-state index >= 15 is 0 Å². The van der Waals surface area contributed by atoms with Crippen LogP contribution in [0, 0.1) is 11.3 Å². The molecule has 1 aromatic rings. The fraction of sp³-hybridized carbons (Fsp3) is 0.579. The Bertz CT molecular complexity index is 616. The van der Waals surface area contributed by atoms with Crippen molar-refractivity contribution in [3.63, 3.8) is 0 Å². The van der Waals surface area contributed by atoms with E-state index in [-0.39, 0.29) is 0 Å². The first-order chi connectivity index (χ1) is 12.3. The minimum Gasteiger partial charge on any atom is -0.379 e. The van der Waals surface area contributed by atoms with Crippen molar-refractivity contribution in [1.82, 2.24) is 15.1 Å². The largest absolute Gasteiger partial charge is 0.379 e. The summed E-state index contributed by atoms with van der Waals surface area (Å²) >= 11 is 0. The number of likely N-dealkylation sites (tertiary alicyclic amines) is 1. The first-order valence-electron chi connectivity index (χ1n) is 9.14. The summed E-state index contributed by atoms with van der Waals surface area (Å²) in [7, 11) is 0. The summed E-state index contributed by atoms with van der Waals surface area (Å²) in [5.74, 6) is 0.989. The summed E-state index contributed by atoms with van der Waals surface area (Å²) in [6.45, 7) is 9.45. The van der Waals surface area contributed by atoms with E-state index < -0.39 is 0 Å². The molecule has 134 valence electrons. The monoisotopic (exact) mass is 341 g/mol.